The van der Waals surface area contributed by atoms with Crippen molar-refractivity contribution in [1.82, 2.24) is 4.90 Å². The van der Waals surface area contributed by atoms with Gasteiger partial charge in [-0.1, -0.05) is 19.3 Å². The van der Waals surface area contributed by atoms with Crippen LogP contribution in [0.4, 0.5) is 0 Å². The molecule has 1 aliphatic heterocycles. The molecule has 0 aromatic carbocycles. The van der Waals surface area contributed by atoms with E-state index in [0.29, 0.717) is 5.92 Å². The predicted molar refractivity (Wildman–Crippen MR) is 75.1 cm³/mol. The van der Waals surface area contributed by atoms with Gasteiger partial charge >= 0.3 is 0 Å². The first-order valence-electron chi connectivity index (χ1n) is 7.78. The standard InChI is InChI=1S/C15H28N2O/c1-2-18-14(13-9-5-3-6-10-13)15(16)17-11-7-4-8-12-17/h13-14,16H,2-12H2,1H3. The zero-order valence-corrected chi connectivity index (χ0v) is 11.8. The monoisotopic (exact) mass is 252 g/mol. The van der Waals surface area contributed by atoms with Crippen LogP contribution < -0.4 is 0 Å². The summed E-state index contributed by atoms with van der Waals surface area (Å²) < 4.78 is 5.93. The van der Waals surface area contributed by atoms with Gasteiger partial charge in [0.25, 0.3) is 0 Å². The molecule has 0 aromatic rings. The van der Waals surface area contributed by atoms with Crippen LogP contribution in [0.3, 0.4) is 0 Å². The van der Waals surface area contributed by atoms with E-state index in [2.05, 4.69) is 11.8 Å². The van der Waals surface area contributed by atoms with Crippen LogP contribution in [-0.4, -0.2) is 36.5 Å². The minimum atomic E-state index is 0.0633. The molecule has 0 bridgehead atoms. The van der Waals surface area contributed by atoms with Gasteiger partial charge in [0, 0.05) is 19.7 Å². The van der Waals surface area contributed by atoms with Gasteiger partial charge in [-0.2, -0.15) is 0 Å². The SMILES string of the molecule is CCOC(C(=N)N1CCCCC1)C1CCCCC1. The molecule has 1 saturated carbocycles. The first-order chi connectivity index (χ1) is 8.83. The van der Waals surface area contributed by atoms with E-state index in [0.717, 1.165) is 25.5 Å². The van der Waals surface area contributed by atoms with E-state index in [1.165, 1.54) is 51.4 Å². The number of ether oxygens (including phenoxy) is 1. The minimum absolute atomic E-state index is 0.0633. The number of likely N-dealkylation sites (tertiary alicyclic amines) is 1. The Morgan fingerprint density at radius 2 is 1.72 bits per heavy atom. The van der Waals surface area contributed by atoms with Crippen molar-refractivity contribution in [2.24, 2.45) is 5.92 Å². The molecule has 0 radical (unpaired) electrons. The summed E-state index contributed by atoms with van der Waals surface area (Å²) in [6, 6.07) is 0. The average Bonchev–Trinajstić information content (AvgIpc) is 2.46. The molecular weight excluding hydrogens is 224 g/mol. The van der Waals surface area contributed by atoms with Crippen molar-refractivity contribution in [3.05, 3.63) is 0 Å². The molecule has 0 aromatic heterocycles. The summed E-state index contributed by atoms with van der Waals surface area (Å²) in [7, 11) is 0. The second-order valence-electron chi connectivity index (χ2n) is 5.71. The van der Waals surface area contributed by atoms with E-state index < -0.39 is 0 Å². The van der Waals surface area contributed by atoms with E-state index in [4.69, 9.17) is 10.1 Å². The van der Waals surface area contributed by atoms with Gasteiger partial charge in [0.05, 0.1) is 0 Å². The highest BCUT2D eigenvalue weighted by molar-refractivity contribution is 5.84. The lowest BCUT2D eigenvalue weighted by molar-refractivity contribution is 0.0427. The van der Waals surface area contributed by atoms with Crippen LogP contribution in [-0.2, 0) is 4.74 Å². The van der Waals surface area contributed by atoms with E-state index in [1.54, 1.807) is 0 Å². The van der Waals surface area contributed by atoms with E-state index in [1.807, 2.05) is 0 Å². The molecule has 3 heteroatoms. The molecule has 2 aliphatic rings. The summed E-state index contributed by atoms with van der Waals surface area (Å²) in [6.07, 6.45) is 10.4. The Kier molecular flexibility index (Phi) is 5.48. The second-order valence-corrected chi connectivity index (χ2v) is 5.71. The fraction of sp³-hybridized carbons (Fsp3) is 0.933. The Morgan fingerprint density at radius 3 is 2.33 bits per heavy atom. The maximum Gasteiger partial charge on any atom is 0.126 e. The van der Waals surface area contributed by atoms with E-state index in [9.17, 15) is 0 Å². The predicted octanol–water partition coefficient (Wildman–Crippen LogP) is 3.43. The maximum atomic E-state index is 8.48. The zero-order chi connectivity index (χ0) is 12.8. The Labute approximate surface area is 111 Å². The molecule has 1 saturated heterocycles. The van der Waals surface area contributed by atoms with Crippen LogP contribution >= 0.6 is 0 Å². The van der Waals surface area contributed by atoms with Crippen molar-refractivity contribution >= 4 is 5.84 Å². The lowest BCUT2D eigenvalue weighted by atomic mass is 9.84. The van der Waals surface area contributed by atoms with E-state index >= 15 is 0 Å². The number of amidine groups is 1. The third kappa shape index (κ3) is 3.47. The van der Waals surface area contributed by atoms with Gasteiger partial charge in [-0.15, -0.1) is 0 Å². The Balaban J connectivity index is 1.96. The van der Waals surface area contributed by atoms with Gasteiger partial charge in [-0.3, -0.25) is 5.41 Å². The molecule has 1 aliphatic carbocycles. The molecule has 1 unspecified atom stereocenters. The summed E-state index contributed by atoms with van der Waals surface area (Å²) in [5, 5.41) is 8.48. The van der Waals surface area contributed by atoms with Crippen LogP contribution in [0.5, 0.6) is 0 Å². The second kappa shape index (κ2) is 7.13. The van der Waals surface area contributed by atoms with Crippen molar-refractivity contribution < 1.29 is 4.74 Å². The average molecular weight is 252 g/mol. The first kappa shape index (κ1) is 13.9. The third-order valence-corrected chi connectivity index (χ3v) is 4.39. The van der Waals surface area contributed by atoms with Gasteiger partial charge in [0.2, 0.25) is 0 Å². The van der Waals surface area contributed by atoms with Crippen molar-refractivity contribution in [2.75, 3.05) is 19.7 Å². The van der Waals surface area contributed by atoms with Crippen molar-refractivity contribution in [2.45, 2.75) is 64.4 Å². The Hall–Kier alpha value is -0.570. The quantitative estimate of drug-likeness (QED) is 0.614. The van der Waals surface area contributed by atoms with Crippen molar-refractivity contribution in [1.29, 1.82) is 5.41 Å². The zero-order valence-electron chi connectivity index (χ0n) is 11.8. The Bertz CT molecular complexity index is 255. The highest BCUT2D eigenvalue weighted by Gasteiger charge is 2.30. The van der Waals surface area contributed by atoms with Gasteiger partial charge in [0.15, 0.2) is 0 Å². The molecule has 104 valence electrons. The summed E-state index contributed by atoms with van der Waals surface area (Å²) in [5.41, 5.74) is 0. The first-order valence-corrected chi connectivity index (χ1v) is 7.78. The molecule has 1 heterocycles. The van der Waals surface area contributed by atoms with Crippen molar-refractivity contribution in [3.8, 4) is 0 Å². The molecule has 1 N–H and O–H groups in total. The summed E-state index contributed by atoms with van der Waals surface area (Å²) >= 11 is 0. The minimum Gasteiger partial charge on any atom is -0.370 e. The number of nitrogens with zero attached hydrogens (tertiary/aromatic N) is 1. The lowest BCUT2D eigenvalue weighted by Gasteiger charge is -2.37. The topological polar surface area (TPSA) is 36.3 Å². The van der Waals surface area contributed by atoms with Gasteiger partial charge < -0.3 is 9.64 Å². The summed E-state index contributed by atoms with van der Waals surface area (Å²) in [4.78, 5) is 2.26. The molecule has 1 atom stereocenters. The fourth-order valence-electron chi connectivity index (χ4n) is 3.37. The molecular formula is C15H28N2O. The van der Waals surface area contributed by atoms with Crippen molar-refractivity contribution in [3.63, 3.8) is 0 Å². The number of piperidine rings is 1. The fourth-order valence-corrected chi connectivity index (χ4v) is 3.37. The number of nitrogens with one attached hydrogen (secondary N) is 1. The smallest absolute Gasteiger partial charge is 0.126 e. The van der Waals surface area contributed by atoms with Crippen LogP contribution in [0.2, 0.25) is 0 Å². The normalized spacial score (nSPS) is 23.9. The summed E-state index contributed by atoms with van der Waals surface area (Å²) in [6.45, 7) is 4.92. The van der Waals surface area contributed by atoms with Crippen LogP contribution in [0, 0.1) is 11.3 Å². The lowest BCUT2D eigenvalue weighted by Crippen LogP contribution is -2.46. The molecule has 2 rings (SSSR count). The molecule has 0 spiro atoms. The highest BCUT2D eigenvalue weighted by Crippen LogP contribution is 2.29. The van der Waals surface area contributed by atoms with Gasteiger partial charge in [-0.25, -0.2) is 0 Å². The van der Waals surface area contributed by atoms with Gasteiger partial charge in [0.1, 0.15) is 11.9 Å². The number of hydrogen-bond acceptors (Lipinski definition) is 2. The van der Waals surface area contributed by atoms with E-state index in [-0.39, 0.29) is 6.10 Å². The third-order valence-electron chi connectivity index (χ3n) is 4.39. The summed E-state index contributed by atoms with van der Waals surface area (Å²) in [5.74, 6) is 1.36. The molecule has 2 fully saturated rings. The number of hydrogen-bond donors (Lipinski definition) is 1. The van der Waals surface area contributed by atoms with Crippen LogP contribution in [0.25, 0.3) is 0 Å². The molecule has 0 amide bonds. The van der Waals surface area contributed by atoms with Crippen LogP contribution in [0.15, 0.2) is 0 Å². The Morgan fingerprint density at radius 1 is 1.11 bits per heavy atom. The number of rotatable bonds is 4. The molecule has 3 nitrogen and oxygen atoms in total. The molecule has 18 heavy (non-hydrogen) atoms. The van der Waals surface area contributed by atoms with Gasteiger partial charge in [-0.05, 0) is 44.9 Å². The van der Waals surface area contributed by atoms with Crippen LogP contribution in [0.1, 0.15) is 58.3 Å². The largest absolute Gasteiger partial charge is 0.370 e. The highest BCUT2D eigenvalue weighted by atomic mass is 16.5. The maximum absolute atomic E-state index is 8.48.